The maximum Gasteiger partial charge on any atom is 0.220 e. The number of nitrogens with zero attached hydrogens (tertiary/aromatic N) is 4. The number of ether oxygens (including phenoxy) is 1. The average molecular weight is 436 g/mol. The molecule has 1 fully saturated rings. The van der Waals surface area contributed by atoms with E-state index in [1.807, 2.05) is 38.1 Å². The minimum absolute atomic E-state index is 0.145. The Labute approximate surface area is 177 Å². The minimum atomic E-state index is -3.42. The Morgan fingerprint density at radius 2 is 2.00 bits per heavy atom. The van der Waals surface area contributed by atoms with Gasteiger partial charge in [0.25, 0.3) is 0 Å². The summed E-state index contributed by atoms with van der Waals surface area (Å²) in [6.07, 6.45) is 1.38. The van der Waals surface area contributed by atoms with E-state index in [4.69, 9.17) is 9.26 Å². The summed E-state index contributed by atoms with van der Waals surface area (Å²) in [6.45, 7) is 7.71. The van der Waals surface area contributed by atoms with E-state index in [1.165, 1.54) is 10.6 Å². The van der Waals surface area contributed by atoms with Crippen molar-refractivity contribution in [2.24, 2.45) is 4.99 Å². The van der Waals surface area contributed by atoms with Crippen LogP contribution in [0.3, 0.4) is 0 Å². The summed E-state index contributed by atoms with van der Waals surface area (Å²) in [5.41, 5.74) is 1.51. The molecular weight excluding hydrogens is 406 g/mol. The molecule has 30 heavy (non-hydrogen) atoms. The van der Waals surface area contributed by atoms with E-state index < -0.39 is 10.0 Å². The summed E-state index contributed by atoms with van der Waals surface area (Å²) >= 11 is 0. The highest BCUT2D eigenvalue weighted by Gasteiger charge is 2.28. The highest BCUT2D eigenvalue weighted by atomic mass is 32.2. The fourth-order valence-electron chi connectivity index (χ4n) is 3.22. The summed E-state index contributed by atoms with van der Waals surface area (Å²) in [7, 11) is -3.42. The van der Waals surface area contributed by atoms with E-state index in [1.54, 1.807) is 6.07 Å². The van der Waals surface area contributed by atoms with Crippen molar-refractivity contribution in [3.63, 3.8) is 0 Å². The largest absolute Gasteiger partial charge is 0.491 e. The van der Waals surface area contributed by atoms with E-state index in [0.29, 0.717) is 45.0 Å². The molecule has 9 nitrogen and oxygen atoms in total. The molecule has 0 saturated carbocycles. The summed E-state index contributed by atoms with van der Waals surface area (Å²) in [5, 5.41) is 6.98. The molecule has 10 heteroatoms. The second-order valence-electron chi connectivity index (χ2n) is 6.98. The van der Waals surface area contributed by atoms with Crippen molar-refractivity contribution in [1.29, 1.82) is 0 Å². The second-order valence-corrected chi connectivity index (χ2v) is 8.95. The summed E-state index contributed by atoms with van der Waals surface area (Å²) < 4.78 is 37.2. The molecule has 1 aliphatic heterocycles. The zero-order chi connectivity index (χ0) is 21.4. The molecule has 0 bridgehead atoms. The van der Waals surface area contributed by atoms with Gasteiger partial charge in [-0.25, -0.2) is 13.4 Å². The van der Waals surface area contributed by atoms with Gasteiger partial charge in [-0.05, 0) is 25.5 Å². The van der Waals surface area contributed by atoms with Crippen LogP contribution in [0.2, 0.25) is 0 Å². The Hall–Kier alpha value is -2.59. The molecule has 0 aliphatic carbocycles. The third kappa shape index (κ3) is 5.96. The Morgan fingerprint density at radius 3 is 2.67 bits per heavy atom. The first-order valence-electron chi connectivity index (χ1n) is 10.1. The molecule has 1 aromatic carbocycles. The molecule has 164 valence electrons. The average Bonchev–Trinajstić information content (AvgIpc) is 3.24. The van der Waals surface area contributed by atoms with Gasteiger partial charge in [-0.15, -0.1) is 0 Å². The number of aromatic nitrogens is 1. The van der Waals surface area contributed by atoms with Crippen LogP contribution in [0.5, 0.6) is 5.75 Å². The number of guanidine groups is 1. The fraction of sp³-hybridized carbons (Fsp3) is 0.500. The van der Waals surface area contributed by atoms with Gasteiger partial charge in [0, 0.05) is 38.8 Å². The Bertz CT molecular complexity index is 922. The molecule has 0 spiro atoms. The van der Waals surface area contributed by atoms with Gasteiger partial charge in [-0.1, -0.05) is 23.4 Å². The summed E-state index contributed by atoms with van der Waals surface area (Å²) in [6, 6.07) is 9.46. The first-order valence-corrected chi connectivity index (χ1v) is 11.7. The lowest BCUT2D eigenvalue weighted by atomic mass is 10.2. The van der Waals surface area contributed by atoms with Gasteiger partial charge < -0.3 is 19.5 Å². The highest BCUT2D eigenvalue weighted by Crippen LogP contribution is 2.16. The molecule has 0 radical (unpaired) electrons. The molecule has 3 rings (SSSR count). The van der Waals surface area contributed by atoms with Gasteiger partial charge >= 0.3 is 0 Å². The van der Waals surface area contributed by atoms with E-state index in [2.05, 4.69) is 20.4 Å². The van der Waals surface area contributed by atoms with Gasteiger partial charge in [-0.2, -0.15) is 4.31 Å². The number of nitrogens with one attached hydrogen (secondary N) is 1. The number of piperazine rings is 1. The van der Waals surface area contributed by atoms with Crippen LogP contribution >= 0.6 is 0 Å². The van der Waals surface area contributed by atoms with Crippen LogP contribution in [0.15, 0.2) is 46.1 Å². The topological polar surface area (TPSA) is 100 Å². The molecule has 1 saturated heterocycles. The lowest BCUT2D eigenvalue weighted by molar-refractivity contribution is 0.259. The number of rotatable bonds is 8. The lowest BCUT2D eigenvalue weighted by Crippen LogP contribution is -2.54. The second kappa shape index (κ2) is 10.4. The molecule has 2 aromatic rings. The molecule has 1 aliphatic rings. The van der Waals surface area contributed by atoms with Gasteiger partial charge in [-0.3, -0.25) is 0 Å². The minimum Gasteiger partial charge on any atom is -0.491 e. The third-order valence-electron chi connectivity index (χ3n) is 4.79. The predicted octanol–water partition coefficient (Wildman–Crippen LogP) is 1.47. The SMILES string of the molecule is CCNC(=NCCOc1ccccc1C)N1CCN(S(=O)(=O)Cc2ccon2)CC1. The highest BCUT2D eigenvalue weighted by molar-refractivity contribution is 7.88. The maximum absolute atomic E-state index is 12.6. The molecule has 1 aromatic heterocycles. The van der Waals surface area contributed by atoms with Crippen molar-refractivity contribution in [2.45, 2.75) is 19.6 Å². The van der Waals surface area contributed by atoms with Crippen LogP contribution in [-0.4, -0.2) is 74.6 Å². The fourth-order valence-corrected chi connectivity index (χ4v) is 4.64. The number of benzene rings is 1. The quantitative estimate of drug-likeness (QED) is 0.381. The molecule has 1 N–H and O–H groups in total. The van der Waals surface area contributed by atoms with E-state index in [0.717, 1.165) is 23.8 Å². The number of aryl methyl sites for hydroxylation is 1. The molecule has 2 heterocycles. The van der Waals surface area contributed by atoms with Gasteiger partial charge in [0.15, 0.2) is 5.96 Å². The standard InChI is InChI=1S/C20H29N5O4S/c1-3-21-20(22-9-15-28-19-7-5-4-6-17(19)2)24-10-12-25(13-11-24)30(26,27)16-18-8-14-29-23-18/h4-8,14H,3,9-13,15-16H2,1-2H3,(H,21,22). The predicted molar refractivity (Wildman–Crippen MR) is 115 cm³/mol. The van der Waals surface area contributed by atoms with Crippen LogP contribution in [0.4, 0.5) is 0 Å². The molecule has 0 amide bonds. The van der Waals surface area contributed by atoms with Crippen LogP contribution < -0.4 is 10.1 Å². The van der Waals surface area contributed by atoms with Crippen LogP contribution in [0.1, 0.15) is 18.2 Å². The zero-order valence-corrected chi connectivity index (χ0v) is 18.3. The van der Waals surface area contributed by atoms with Gasteiger partial charge in [0.2, 0.25) is 10.0 Å². The Kier molecular flexibility index (Phi) is 7.69. The van der Waals surface area contributed by atoms with Crippen molar-refractivity contribution in [2.75, 3.05) is 45.9 Å². The number of para-hydroxylation sites is 1. The first-order chi connectivity index (χ1) is 14.5. The van der Waals surface area contributed by atoms with Crippen molar-refractivity contribution in [3.05, 3.63) is 47.9 Å². The first kappa shape index (κ1) is 22.1. The van der Waals surface area contributed by atoms with E-state index in [9.17, 15) is 8.42 Å². The molecular formula is C20H29N5O4S. The number of hydrogen-bond acceptors (Lipinski definition) is 6. The normalized spacial score (nSPS) is 15.9. The van der Waals surface area contributed by atoms with Crippen molar-refractivity contribution in [3.8, 4) is 5.75 Å². The molecule has 0 unspecified atom stereocenters. The Balaban J connectivity index is 1.52. The van der Waals surface area contributed by atoms with Gasteiger partial charge in [0.1, 0.15) is 24.4 Å². The van der Waals surface area contributed by atoms with E-state index in [-0.39, 0.29) is 5.75 Å². The van der Waals surface area contributed by atoms with Crippen LogP contribution in [0, 0.1) is 6.92 Å². The summed E-state index contributed by atoms with van der Waals surface area (Å²) in [4.78, 5) is 6.73. The third-order valence-corrected chi connectivity index (χ3v) is 6.60. The number of aliphatic imine (C=N–C) groups is 1. The van der Waals surface area contributed by atoms with E-state index >= 15 is 0 Å². The number of hydrogen-bond donors (Lipinski definition) is 1. The molecule has 0 atom stereocenters. The van der Waals surface area contributed by atoms with Crippen molar-refractivity contribution in [1.82, 2.24) is 19.7 Å². The van der Waals surface area contributed by atoms with Gasteiger partial charge in [0.05, 0.1) is 12.2 Å². The lowest BCUT2D eigenvalue weighted by Gasteiger charge is -2.35. The summed E-state index contributed by atoms with van der Waals surface area (Å²) in [5.74, 6) is 1.50. The van der Waals surface area contributed by atoms with Crippen LogP contribution in [0.25, 0.3) is 0 Å². The van der Waals surface area contributed by atoms with Crippen LogP contribution in [-0.2, 0) is 15.8 Å². The van der Waals surface area contributed by atoms with Crippen molar-refractivity contribution < 1.29 is 17.7 Å². The zero-order valence-electron chi connectivity index (χ0n) is 17.5. The Morgan fingerprint density at radius 1 is 1.23 bits per heavy atom. The van der Waals surface area contributed by atoms with Crippen molar-refractivity contribution >= 4 is 16.0 Å². The maximum atomic E-state index is 12.6. The smallest absolute Gasteiger partial charge is 0.220 e. The number of sulfonamides is 1. The monoisotopic (exact) mass is 435 g/mol.